The molecule has 0 bridgehead atoms. The Morgan fingerprint density at radius 1 is 1.07 bits per heavy atom. The number of esters is 1. The maximum absolute atomic E-state index is 12.4. The van der Waals surface area contributed by atoms with Crippen LogP contribution < -0.4 is 0 Å². The highest BCUT2D eigenvalue weighted by molar-refractivity contribution is 6.74. The number of hydrogen-bond donors (Lipinski definition) is 1. The van der Waals surface area contributed by atoms with E-state index in [1.807, 2.05) is 20.8 Å². The van der Waals surface area contributed by atoms with Crippen LogP contribution in [0, 0.1) is 5.92 Å². The lowest BCUT2D eigenvalue weighted by Gasteiger charge is -2.39. The van der Waals surface area contributed by atoms with Gasteiger partial charge < -0.3 is 23.9 Å². The number of aliphatic hydroxyl groups excluding tert-OH is 1. The lowest BCUT2D eigenvalue weighted by molar-refractivity contribution is -0.188. The lowest BCUT2D eigenvalue weighted by Crippen LogP contribution is -2.47. The van der Waals surface area contributed by atoms with Crippen LogP contribution in [0.15, 0.2) is 0 Å². The highest BCUT2D eigenvalue weighted by Crippen LogP contribution is 2.37. The van der Waals surface area contributed by atoms with E-state index in [9.17, 15) is 14.7 Å². The molecule has 28 heavy (non-hydrogen) atoms. The molecule has 2 atom stereocenters. The summed E-state index contributed by atoms with van der Waals surface area (Å²) in [6, 6.07) is 0. The Labute approximate surface area is 170 Å². The van der Waals surface area contributed by atoms with Gasteiger partial charge in [0.05, 0.1) is 5.92 Å². The normalized spacial score (nSPS) is 19.1. The molecule has 1 saturated heterocycles. The number of likely N-dealkylation sites (tertiary alicyclic amines) is 1. The molecule has 2 unspecified atom stereocenters. The Morgan fingerprint density at radius 2 is 1.57 bits per heavy atom. The van der Waals surface area contributed by atoms with Crippen molar-refractivity contribution in [1.29, 1.82) is 0 Å². The molecule has 0 spiro atoms. The SMILES string of the molecule is CC(O[Si](C)(C)C(C)(C)C)C(O)OC(=O)C1CCN(C(=O)OC(C)(C)C)CC1. The van der Waals surface area contributed by atoms with E-state index in [0.29, 0.717) is 25.9 Å². The molecule has 8 heteroatoms. The molecule has 1 rings (SSSR count). The minimum atomic E-state index is -2.07. The molecule has 0 aromatic carbocycles. The number of hydrogen-bond acceptors (Lipinski definition) is 6. The van der Waals surface area contributed by atoms with Crippen LogP contribution in [0.2, 0.25) is 18.1 Å². The van der Waals surface area contributed by atoms with Gasteiger partial charge in [-0.2, -0.15) is 0 Å². The summed E-state index contributed by atoms with van der Waals surface area (Å²) in [5.74, 6) is -0.782. The summed E-state index contributed by atoms with van der Waals surface area (Å²) >= 11 is 0. The van der Waals surface area contributed by atoms with Crippen LogP contribution in [0.1, 0.15) is 61.3 Å². The van der Waals surface area contributed by atoms with Crippen molar-refractivity contribution in [2.24, 2.45) is 5.92 Å². The van der Waals surface area contributed by atoms with Crippen LogP contribution in [0.25, 0.3) is 0 Å². The average Bonchev–Trinajstić information content (AvgIpc) is 2.51. The van der Waals surface area contributed by atoms with Crippen molar-refractivity contribution in [3.63, 3.8) is 0 Å². The Morgan fingerprint density at radius 3 is 2.00 bits per heavy atom. The van der Waals surface area contributed by atoms with Crippen LogP contribution in [-0.2, 0) is 18.7 Å². The molecular formula is C20H39NO6Si. The molecule has 1 amide bonds. The zero-order valence-corrected chi connectivity index (χ0v) is 20.0. The third-order valence-electron chi connectivity index (χ3n) is 5.41. The molecule has 0 aliphatic carbocycles. The second kappa shape index (κ2) is 9.13. The Kier molecular flexibility index (Phi) is 8.13. The zero-order valence-electron chi connectivity index (χ0n) is 19.0. The van der Waals surface area contributed by atoms with E-state index in [0.717, 1.165) is 0 Å². The molecule has 7 nitrogen and oxygen atoms in total. The van der Waals surface area contributed by atoms with Gasteiger partial charge in [-0.05, 0) is 58.7 Å². The van der Waals surface area contributed by atoms with Crippen molar-refractivity contribution in [3.05, 3.63) is 0 Å². The van der Waals surface area contributed by atoms with Gasteiger partial charge in [0.1, 0.15) is 11.7 Å². The first-order chi connectivity index (χ1) is 12.5. The third kappa shape index (κ3) is 7.37. The number of amides is 1. The number of carbonyl (C=O) groups is 2. The monoisotopic (exact) mass is 417 g/mol. The first kappa shape index (κ1) is 24.9. The van der Waals surface area contributed by atoms with Crippen molar-refractivity contribution in [1.82, 2.24) is 4.90 Å². The maximum atomic E-state index is 12.4. The third-order valence-corrected chi connectivity index (χ3v) is 9.98. The summed E-state index contributed by atoms with van der Waals surface area (Å²) in [6.07, 6.45) is -1.28. The molecule has 1 heterocycles. The fourth-order valence-corrected chi connectivity index (χ4v) is 4.03. The largest absolute Gasteiger partial charge is 0.444 e. The fourth-order valence-electron chi connectivity index (χ4n) is 2.64. The molecule has 0 aromatic rings. The minimum Gasteiger partial charge on any atom is -0.444 e. The zero-order chi connectivity index (χ0) is 21.9. The Hall–Kier alpha value is -1.12. The molecule has 0 saturated carbocycles. The number of carbonyl (C=O) groups excluding carboxylic acids is 2. The summed E-state index contributed by atoms with van der Waals surface area (Å²) in [7, 11) is -2.07. The van der Waals surface area contributed by atoms with Gasteiger partial charge in [-0.25, -0.2) is 4.79 Å². The summed E-state index contributed by atoms with van der Waals surface area (Å²) in [4.78, 5) is 26.1. The second-order valence-corrected chi connectivity index (χ2v) is 14.9. The first-order valence-corrected chi connectivity index (χ1v) is 13.0. The van der Waals surface area contributed by atoms with Gasteiger partial charge in [-0.3, -0.25) is 4.79 Å². The van der Waals surface area contributed by atoms with Crippen molar-refractivity contribution >= 4 is 20.4 Å². The van der Waals surface area contributed by atoms with Crippen LogP contribution in [0.4, 0.5) is 4.79 Å². The summed E-state index contributed by atoms with van der Waals surface area (Å²) in [6.45, 7) is 18.6. The van der Waals surface area contributed by atoms with E-state index < -0.39 is 32.3 Å². The molecule has 164 valence electrons. The van der Waals surface area contributed by atoms with Gasteiger partial charge >= 0.3 is 12.1 Å². The van der Waals surface area contributed by atoms with Crippen molar-refractivity contribution < 1.29 is 28.6 Å². The molecule has 1 aliphatic rings. The molecule has 0 radical (unpaired) electrons. The highest BCUT2D eigenvalue weighted by atomic mass is 28.4. The Bertz CT molecular complexity index is 544. The van der Waals surface area contributed by atoms with Gasteiger partial charge in [-0.1, -0.05) is 20.8 Å². The van der Waals surface area contributed by atoms with E-state index in [4.69, 9.17) is 13.9 Å². The number of rotatable bonds is 5. The standard InChI is InChI=1S/C20H39NO6Si/c1-14(27-28(8,9)20(5,6)7)16(22)25-17(23)15-10-12-21(13-11-15)18(24)26-19(2,3)4/h14-16,22H,10-13H2,1-9H3. The van der Waals surface area contributed by atoms with E-state index in [1.165, 1.54) is 0 Å². The summed E-state index contributed by atoms with van der Waals surface area (Å²) < 4.78 is 16.7. The van der Waals surface area contributed by atoms with Crippen LogP contribution in [0.5, 0.6) is 0 Å². The van der Waals surface area contributed by atoms with Gasteiger partial charge in [0, 0.05) is 13.1 Å². The predicted molar refractivity (Wildman–Crippen MR) is 110 cm³/mol. The average molecular weight is 418 g/mol. The summed E-state index contributed by atoms with van der Waals surface area (Å²) in [5, 5.41) is 10.3. The molecule has 1 fully saturated rings. The number of ether oxygens (including phenoxy) is 2. The topological polar surface area (TPSA) is 85.3 Å². The lowest BCUT2D eigenvalue weighted by atomic mass is 9.97. The maximum Gasteiger partial charge on any atom is 0.410 e. The highest BCUT2D eigenvalue weighted by Gasteiger charge is 2.40. The second-order valence-electron chi connectivity index (χ2n) is 10.2. The van der Waals surface area contributed by atoms with Crippen LogP contribution in [0.3, 0.4) is 0 Å². The van der Waals surface area contributed by atoms with E-state index >= 15 is 0 Å². The smallest absolute Gasteiger partial charge is 0.410 e. The number of piperidine rings is 1. The Balaban J connectivity index is 2.51. The minimum absolute atomic E-state index is 0.000515. The number of aliphatic hydroxyl groups is 1. The van der Waals surface area contributed by atoms with Crippen LogP contribution >= 0.6 is 0 Å². The van der Waals surface area contributed by atoms with Crippen molar-refractivity contribution in [2.45, 2.75) is 97.4 Å². The molecule has 0 aromatic heterocycles. The van der Waals surface area contributed by atoms with E-state index in [1.54, 1.807) is 11.8 Å². The quantitative estimate of drug-likeness (QED) is 0.415. The molecule has 1 N–H and O–H groups in total. The first-order valence-electron chi connectivity index (χ1n) is 10.1. The van der Waals surface area contributed by atoms with Gasteiger partial charge in [0.25, 0.3) is 0 Å². The molecular weight excluding hydrogens is 378 g/mol. The predicted octanol–water partition coefficient (Wildman–Crippen LogP) is 3.91. The van der Waals surface area contributed by atoms with Crippen molar-refractivity contribution in [2.75, 3.05) is 13.1 Å². The fraction of sp³-hybridized carbons (Fsp3) is 0.900. The van der Waals surface area contributed by atoms with Gasteiger partial charge in [0.15, 0.2) is 8.32 Å². The van der Waals surface area contributed by atoms with E-state index in [-0.39, 0.29) is 17.0 Å². The van der Waals surface area contributed by atoms with Gasteiger partial charge in [0.2, 0.25) is 6.29 Å². The van der Waals surface area contributed by atoms with Crippen molar-refractivity contribution in [3.8, 4) is 0 Å². The summed E-state index contributed by atoms with van der Waals surface area (Å²) in [5.41, 5.74) is -0.544. The number of nitrogens with zero attached hydrogens (tertiary/aromatic N) is 1. The van der Waals surface area contributed by atoms with Crippen LogP contribution in [-0.4, -0.2) is 61.5 Å². The molecule has 1 aliphatic heterocycles. The van der Waals surface area contributed by atoms with E-state index in [2.05, 4.69) is 33.9 Å². The van der Waals surface area contributed by atoms with Gasteiger partial charge in [-0.15, -0.1) is 0 Å².